The predicted octanol–water partition coefficient (Wildman–Crippen LogP) is 4.21. The Bertz CT molecular complexity index is 855. The molecule has 0 spiro atoms. The molecule has 0 saturated carbocycles. The second kappa shape index (κ2) is 6.93. The molecular weight excluding hydrogens is 312 g/mol. The molecule has 1 atom stereocenters. The SMILES string of the molecule is CC(=O)N1C=Cc2ccccc2[C@@H]1CC(=O)Nc1ccc(C)cc1C. The highest BCUT2D eigenvalue weighted by Crippen LogP contribution is 2.33. The topological polar surface area (TPSA) is 49.4 Å². The Morgan fingerprint density at radius 1 is 1.12 bits per heavy atom. The molecule has 2 amide bonds. The second-order valence-corrected chi connectivity index (χ2v) is 6.46. The van der Waals surface area contributed by atoms with Crippen LogP contribution in [0.2, 0.25) is 0 Å². The number of nitrogens with zero attached hydrogens (tertiary/aromatic N) is 1. The van der Waals surface area contributed by atoms with Crippen LogP contribution in [0, 0.1) is 13.8 Å². The highest BCUT2D eigenvalue weighted by molar-refractivity contribution is 5.92. The Balaban J connectivity index is 1.82. The number of nitrogens with one attached hydrogen (secondary N) is 1. The number of hydrogen-bond donors (Lipinski definition) is 1. The van der Waals surface area contributed by atoms with Crippen LogP contribution >= 0.6 is 0 Å². The van der Waals surface area contributed by atoms with E-state index in [1.807, 2.05) is 62.4 Å². The van der Waals surface area contributed by atoms with Crippen molar-refractivity contribution in [2.75, 3.05) is 5.32 Å². The molecule has 0 aliphatic carbocycles. The summed E-state index contributed by atoms with van der Waals surface area (Å²) in [4.78, 5) is 26.2. The molecule has 0 fully saturated rings. The lowest BCUT2D eigenvalue weighted by molar-refractivity contribution is -0.129. The van der Waals surface area contributed by atoms with E-state index in [1.54, 1.807) is 11.1 Å². The highest BCUT2D eigenvalue weighted by Gasteiger charge is 2.28. The third-order valence-electron chi connectivity index (χ3n) is 4.50. The fraction of sp³-hybridized carbons (Fsp3) is 0.238. The van der Waals surface area contributed by atoms with E-state index in [1.165, 1.54) is 6.92 Å². The Hall–Kier alpha value is -2.88. The molecule has 3 rings (SSSR count). The van der Waals surface area contributed by atoms with E-state index in [0.29, 0.717) is 0 Å². The summed E-state index contributed by atoms with van der Waals surface area (Å²) in [6.07, 6.45) is 3.89. The van der Waals surface area contributed by atoms with Crippen LogP contribution in [0.5, 0.6) is 0 Å². The number of aryl methyl sites for hydroxylation is 2. The van der Waals surface area contributed by atoms with E-state index in [9.17, 15) is 9.59 Å². The van der Waals surface area contributed by atoms with E-state index in [-0.39, 0.29) is 24.3 Å². The van der Waals surface area contributed by atoms with Gasteiger partial charge in [-0.3, -0.25) is 9.59 Å². The van der Waals surface area contributed by atoms with Crippen molar-refractivity contribution < 1.29 is 9.59 Å². The van der Waals surface area contributed by atoms with Gasteiger partial charge in [-0.25, -0.2) is 0 Å². The van der Waals surface area contributed by atoms with Crippen LogP contribution in [0.4, 0.5) is 5.69 Å². The van der Waals surface area contributed by atoms with Gasteiger partial charge in [-0.1, -0.05) is 42.0 Å². The molecule has 25 heavy (non-hydrogen) atoms. The smallest absolute Gasteiger partial charge is 0.226 e. The van der Waals surface area contributed by atoms with Crippen molar-refractivity contribution >= 4 is 23.6 Å². The minimum atomic E-state index is -0.288. The van der Waals surface area contributed by atoms with Crippen LogP contribution in [-0.4, -0.2) is 16.7 Å². The lowest BCUT2D eigenvalue weighted by Gasteiger charge is -2.32. The standard InChI is InChI=1S/C21H22N2O2/c1-14-8-9-19(15(2)12-14)22-21(25)13-20-18-7-5-4-6-17(18)10-11-23(20)16(3)24/h4-12,20H,13H2,1-3H3,(H,22,25)/t20-/m0/s1. The number of anilines is 1. The summed E-state index contributed by atoms with van der Waals surface area (Å²) in [6.45, 7) is 5.52. The lowest BCUT2D eigenvalue weighted by Crippen LogP contribution is -2.33. The molecule has 1 aliphatic heterocycles. The van der Waals surface area contributed by atoms with Gasteiger partial charge in [0, 0.05) is 18.8 Å². The van der Waals surface area contributed by atoms with Crippen LogP contribution < -0.4 is 5.32 Å². The molecule has 0 saturated heterocycles. The fourth-order valence-electron chi connectivity index (χ4n) is 3.24. The summed E-state index contributed by atoms with van der Waals surface area (Å²) in [5.74, 6) is -0.177. The zero-order chi connectivity index (χ0) is 18.0. The van der Waals surface area contributed by atoms with Gasteiger partial charge in [-0.05, 0) is 42.7 Å². The first-order valence-corrected chi connectivity index (χ1v) is 8.39. The molecule has 1 heterocycles. The maximum Gasteiger partial charge on any atom is 0.226 e. The molecule has 2 aromatic rings. The third-order valence-corrected chi connectivity index (χ3v) is 4.50. The fourth-order valence-corrected chi connectivity index (χ4v) is 3.24. The molecular formula is C21H22N2O2. The van der Waals surface area contributed by atoms with Crippen molar-refractivity contribution in [2.45, 2.75) is 33.2 Å². The molecule has 4 heteroatoms. The summed E-state index contributed by atoms with van der Waals surface area (Å²) in [6, 6.07) is 13.5. The van der Waals surface area contributed by atoms with E-state index < -0.39 is 0 Å². The minimum absolute atomic E-state index is 0.0740. The van der Waals surface area contributed by atoms with Gasteiger partial charge in [0.25, 0.3) is 0 Å². The average molecular weight is 334 g/mol. The zero-order valence-corrected chi connectivity index (χ0v) is 14.7. The molecule has 128 valence electrons. The third kappa shape index (κ3) is 3.63. The van der Waals surface area contributed by atoms with Crippen LogP contribution in [0.15, 0.2) is 48.7 Å². The number of amides is 2. The summed E-state index contributed by atoms with van der Waals surface area (Å²) in [5.41, 5.74) is 5.04. The molecule has 2 aromatic carbocycles. The maximum absolute atomic E-state index is 12.6. The highest BCUT2D eigenvalue weighted by atomic mass is 16.2. The first kappa shape index (κ1) is 17.0. The monoisotopic (exact) mass is 334 g/mol. The summed E-state index contributed by atoms with van der Waals surface area (Å²) < 4.78 is 0. The van der Waals surface area contributed by atoms with E-state index in [0.717, 1.165) is 27.9 Å². The Labute approximate surface area is 148 Å². The van der Waals surface area contributed by atoms with Gasteiger partial charge in [0.1, 0.15) is 0 Å². The number of rotatable bonds is 3. The van der Waals surface area contributed by atoms with Crippen molar-refractivity contribution in [3.63, 3.8) is 0 Å². The number of fused-ring (bicyclic) bond motifs is 1. The summed E-state index contributed by atoms with van der Waals surface area (Å²) in [7, 11) is 0. The van der Waals surface area contributed by atoms with Gasteiger partial charge in [0.05, 0.1) is 12.5 Å². The molecule has 0 radical (unpaired) electrons. The molecule has 1 aliphatic rings. The van der Waals surface area contributed by atoms with Crippen molar-refractivity contribution in [2.24, 2.45) is 0 Å². The number of carbonyl (C=O) groups excluding carboxylic acids is 2. The number of benzene rings is 2. The van der Waals surface area contributed by atoms with Crippen LogP contribution in [0.3, 0.4) is 0 Å². The van der Waals surface area contributed by atoms with Crippen molar-refractivity contribution in [1.29, 1.82) is 0 Å². The quantitative estimate of drug-likeness (QED) is 0.914. The summed E-state index contributed by atoms with van der Waals surface area (Å²) >= 11 is 0. The summed E-state index contributed by atoms with van der Waals surface area (Å²) in [5, 5.41) is 2.97. The Morgan fingerprint density at radius 3 is 2.60 bits per heavy atom. The van der Waals surface area contributed by atoms with Crippen LogP contribution in [-0.2, 0) is 9.59 Å². The largest absolute Gasteiger partial charge is 0.326 e. The van der Waals surface area contributed by atoms with Gasteiger partial charge >= 0.3 is 0 Å². The molecule has 0 unspecified atom stereocenters. The zero-order valence-electron chi connectivity index (χ0n) is 14.7. The van der Waals surface area contributed by atoms with E-state index in [4.69, 9.17) is 0 Å². The van der Waals surface area contributed by atoms with Crippen molar-refractivity contribution in [3.05, 3.63) is 70.9 Å². The second-order valence-electron chi connectivity index (χ2n) is 6.46. The average Bonchev–Trinajstić information content (AvgIpc) is 2.57. The number of hydrogen-bond acceptors (Lipinski definition) is 2. The van der Waals surface area contributed by atoms with Gasteiger partial charge in [0.2, 0.25) is 11.8 Å². The predicted molar refractivity (Wildman–Crippen MR) is 99.9 cm³/mol. The van der Waals surface area contributed by atoms with Crippen molar-refractivity contribution in [1.82, 2.24) is 4.90 Å². The van der Waals surface area contributed by atoms with Gasteiger partial charge in [-0.2, -0.15) is 0 Å². The van der Waals surface area contributed by atoms with Gasteiger partial charge in [0.15, 0.2) is 0 Å². The van der Waals surface area contributed by atoms with E-state index in [2.05, 4.69) is 5.32 Å². The maximum atomic E-state index is 12.6. The molecule has 0 aromatic heterocycles. The lowest BCUT2D eigenvalue weighted by atomic mass is 9.93. The van der Waals surface area contributed by atoms with Gasteiger partial charge in [-0.15, -0.1) is 0 Å². The first-order chi connectivity index (χ1) is 12.0. The van der Waals surface area contributed by atoms with Crippen LogP contribution in [0.1, 0.15) is 41.6 Å². The molecule has 4 nitrogen and oxygen atoms in total. The molecule has 0 bridgehead atoms. The van der Waals surface area contributed by atoms with Gasteiger partial charge < -0.3 is 10.2 Å². The van der Waals surface area contributed by atoms with E-state index >= 15 is 0 Å². The Kier molecular flexibility index (Phi) is 4.70. The Morgan fingerprint density at radius 2 is 1.88 bits per heavy atom. The number of carbonyl (C=O) groups is 2. The normalized spacial score (nSPS) is 15.6. The van der Waals surface area contributed by atoms with Crippen LogP contribution in [0.25, 0.3) is 6.08 Å². The minimum Gasteiger partial charge on any atom is -0.326 e. The molecule has 1 N–H and O–H groups in total. The first-order valence-electron chi connectivity index (χ1n) is 8.39. The van der Waals surface area contributed by atoms with Crippen molar-refractivity contribution in [3.8, 4) is 0 Å².